The molecule has 0 spiro atoms. The molecule has 0 atom stereocenters. The Labute approximate surface area is 111 Å². The largest absolute Gasteiger partial charge is 0.309 e. The lowest BCUT2D eigenvalue weighted by atomic mass is 10.1. The van der Waals surface area contributed by atoms with Gasteiger partial charge < -0.3 is 4.57 Å². The van der Waals surface area contributed by atoms with Gasteiger partial charge in [-0.25, -0.2) is 0 Å². The van der Waals surface area contributed by atoms with Gasteiger partial charge in [-0.1, -0.05) is 0 Å². The van der Waals surface area contributed by atoms with E-state index in [0.29, 0.717) is 23.5 Å². The van der Waals surface area contributed by atoms with E-state index in [1.807, 2.05) is 19.9 Å². The van der Waals surface area contributed by atoms with Crippen LogP contribution in [0.25, 0.3) is 11.4 Å². The van der Waals surface area contributed by atoms with E-state index >= 15 is 0 Å². The third-order valence-electron chi connectivity index (χ3n) is 3.26. The summed E-state index contributed by atoms with van der Waals surface area (Å²) in [5.74, 6) is 0. The third-order valence-corrected chi connectivity index (χ3v) is 3.26. The Hall–Kier alpha value is -2.17. The molecule has 0 bridgehead atoms. The van der Waals surface area contributed by atoms with Crippen molar-refractivity contribution in [2.45, 2.75) is 27.3 Å². The van der Waals surface area contributed by atoms with E-state index in [1.54, 1.807) is 29.3 Å². The highest BCUT2D eigenvalue weighted by molar-refractivity contribution is 5.75. The summed E-state index contributed by atoms with van der Waals surface area (Å²) in [7, 11) is 1.73. The van der Waals surface area contributed by atoms with Gasteiger partial charge in [-0.15, -0.1) is 0 Å². The molecule has 0 radical (unpaired) electrons. The van der Waals surface area contributed by atoms with Crippen molar-refractivity contribution in [1.29, 1.82) is 0 Å². The van der Waals surface area contributed by atoms with Gasteiger partial charge in [0.15, 0.2) is 6.29 Å². The van der Waals surface area contributed by atoms with Crippen LogP contribution in [0.5, 0.6) is 0 Å². The fourth-order valence-corrected chi connectivity index (χ4v) is 2.35. The van der Waals surface area contributed by atoms with Crippen LogP contribution in [0.1, 0.15) is 28.5 Å². The Morgan fingerprint density at radius 3 is 2.47 bits per heavy atom. The quantitative estimate of drug-likeness (QED) is 0.788. The van der Waals surface area contributed by atoms with E-state index in [-0.39, 0.29) is 5.56 Å². The van der Waals surface area contributed by atoms with Crippen molar-refractivity contribution < 1.29 is 4.79 Å². The number of hydrogen-bond donors (Lipinski definition) is 0. The maximum absolute atomic E-state index is 12.0. The van der Waals surface area contributed by atoms with Gasteiger partial charge in [-0.3, -0.25) is 14.3 Å². The lowest BCUT2D eigenvalue weighted by Gasteiger charge is -2.10. The molecule has 2 aromatic heterocycles. The zero-order valence-corrected chi connectivity index (χ0v) is 11.6. The highest BCUT2D eigenvalue weighted by Gasteiger charge is 2.14. The smallest absolute Gasteiger partial charge is 0.253 e. The third kappa shape index (κ3) is 2.12. The highest BCUT2D eigenvalue weighted by atomic mass is 16.1. The van der Waals surface area contributed by atoms with Crippen molar-refractivity contribution >= 4 is 6.29 Å². The van der Waals surface area contributed by atoms with E-state index < -0.39 is 0 Å². The monoisotopic (exact) mass is 259 g/mol. The number of carbonyl (C=O) groups is 1. The van der Waals surface area contributed by atoms with Crippen LogP contribution < -0.4 is 5.56 Å². The number of hydrogen-bond acceptors (Lipinski definition) is 3. The molecule has 19 heavy (non-hydrogen) atoms. The van der Waals surface area contributed by atoms with Gasteiger partial charge in [0.1, 0.15) is 11.4 Å². The minimum Gasteiger partial charge on any atom is -0.309 e. The van der Waals surface area contributed by atoms with Gasteiger partial charge in [-0.05, 0) is 38.5 Å². The molecule has 0 amide bonds. The fraction of sp³-hybridized carbons (Fsp3) is 0.357. The lowest BCUT2D eigenvalue weighted by Crippen LogP contribution is -2.21. The molecule has 0 aliphatic carbocycles. The molecule has 0 aliphatic heterocycles. The fourth-order valence-electron chi connectivity index (χ4n) is 2.35. The van der Waals surface area contributed by atoms with E-state index in [9.17, 15) is 9.59 Å². The number of aldehydes is 1. The predicted molar refractivity (Wildman–Crippen MR) is 73.4 cm³/mol. The summed E-state index contributed by atoms with van der Waals surface area (Å²) in [6.45, 7) is 6.27. The zero-order chi connectivity index (χ0) is 14.2. The van der Waals surface area contributed by atoms with E-state index in [4.69, 9.17) is 0 Å². The Morgan fingerprint density at radius 2 is 1.95 bits per heavy atom. The Balaban J connectivity index is 2.72. The number of carbonyl (C=O) groups excluding carboxylic acids is 1. The van der Waals surface area contributed by atoms with E-state index in [0.717, 1.165) is 17.5 Å². The topological polar surface area (TPSA) is 56.9 Å². The van der Waals surface area contributed by atoms with Crippen molar-refractivity contribution in [3.63, 3.8) is 0 Å². The van der Waals surface area contributed by atoms with Crippen molar-refractivity contribution in [2.24, 2.45) is 7.05 Å². The molecule has 0 fully saturated rings. The Kier molecular flexibility index (Phi) is 3.38. The second kappa shape index (κ2) is 4.84. The molecule has 5 nitrogen and oxygen atoms in total. The van der Waals surface area contributed by atoms with E-state index in [2.05, 4.69) is 5.10 Å². The zero-order valence-electron chi connectivity index (χ0n) is 11.6. The maximum atomic E-state index is 12.0. The maximum Gasteiger partial charge on any atom is 0.253 e. The first-order valence-corrected chi connectivity index (χ1v) is 6.20. The summed E-state index contributed by atoms with van der Waals surface area (Å²) in [5, 5.41) is 4.39. The average Bonchev–Trinajstić information content (AvgIpc) is 2.79. The number of aromatic nitrogens is 3. The van der Waals surface area contributed by atoms with Gasteiger partial charge in [0, 0.05) is 19.2 Å². The minimum absolute atomic E-state index is 0.0423. The van der Waals surface area contributed by atoms with Crippen molar-refractivity contribution in [2.75, 3.05) is 0 Å². The number of pyridine rings is 1. The van der Waals surface area contributed by atoms with Crippen LogP contribution in [0.15, 0.2) is 16.9 Å². The number of nitrogens with zero attached hydrogens (tertiary/aromatic N) is 3. The van der Waals surface area contributed by atoms with Crippen LogP contribution in [-0.4, -0.2) is 20.6 Å². The SMILES string of the molecule is CCn1nc(-c2c(C)cc(C)c(=O)n2C)cc1C=O. The summed E-state index contributed by atoms with van der Waals surface area (Å²) in [6, 6.07) is 3.57. The van der Waals surface area contributed by atoms with Gasteiger partial charge >= 0.3 is 0 Å². The average molecular weight is 259 g/mol. The molecule has 0 saturated heterocycles. The van der Waals surface area contributed by atoms with Crippen molar-refractivity contribution in [1.82, 2.24) is 14.3 Å². The summed E-state index contributed by atoms with van der Waals surface area (Å²) in [4.78, 5) is 23.0. The summed E-state index contributed by atoms with van der Waals surface area (Å²) < 4.78 is 3.22. The molecule has 5 heteroatoms. The molecule has 100 valence electrons. The number of aryl methyl sites for hydroxylation is 3. The van der Waals surface area contributed by atoms with Crippen LogP contribution >= 0.6 is 0 Å². The highest BCUT2D eigenvalue weighted by Crippen LogP contribution is 2.21. The van der Waals surface area contributed by atoms with Crippen LogP contribution in [0.4, 0.5) is 0 Å². The standard InChI is InChI=1S/C14H17N3O2/c1-5-17-11(8-18)7-12(15-17)13-9(2)6-10(3)14(19)16(13)4/h6-8H,5H2,1-4H3. The van der Waals surface area contributed by atoms with Gasteiger partial charge in [-0.2, -0.15) is 5.10 Å². The summed E-state index contributed by atoms with van der Waals surface area (Å²) >= 11 is 0. The first-order valence-electron chi connectivity index (χ1n) is 6.20. The second-order valence-electron chi connectivity index (χ2n) is 4.61. The first kappa shape index (κ1) is 13.3. The second-order valence-corrected chi connectivity index (χ2v) is 4.61. The molecule has 0 unspecified atom stereocenters. The van der Waals surface area contributed by atoms with E-state index in [1.165, 1.54) is 0 Å². The van der Waals surface area contributed by atoms with Crippen molar-refractivity contribution in [3.8, 4) is 11.4 Å². The van der Waals surface area contributed by atoms with Crippen LogP contribution in [0.2, 0.25) is 0 Å². The summed E-state index contributed by atoms with van der Waals surface area (Å²) in [6.07, 6.45) is 0.779. The molecular weight excluding hydrogens is 242 g/mol. The predicted octanol–water partition coefficient (Wildman–Crippen LogP) is 1.70. The van der Waals surface area contributed by atoms with Gasteiger partial charge in [0.2, 0.25) is 0 Å². The molecule has 0 aromatic carbocycles. The first-order chi connectivity index (χ1) is 8.99. The molecule has 2 rings (SSSR count). The van der Waals surface area contributed by atoms with Crippen LogP contribution in [-0.2, 0) is 13.6 Å². The molecule has 0 N–H and O–H groups in total. The molecular formula is C14H17N3O2. The molecule has 0 aliphatic rings. The lowest BCUT2D eigenvalue weighted by molar-refractivity contribution is 0.111. The van der Waals surface area contributed by atoms with Crippen molar-refractivity contribution in [3.05, 3.63) is 39.3 Å². The molecule has 2 heterocycles. The summed E-state index contributed by atoms with van der Waals surface area (Å²) in [5.41, 5.74) is 3.56. The normalized spacial score (nSPS) is 10.7. The van der Waals surface area contributed by atoms with Crippen LogP contribution in [0.3, 0.4) is 0 Å². The Morgan fingerprint density at radius 1 is 1.26 bits per heavy atom. The van der Waals surface area contributed by atoms with Crippen LogP contribution in [0, 0.1) is 13.8 Å². The number of rotatable bonds is 3. The van der Waals surface area contributed by atoms with Gasteiger partial charge in [0.05, 0.1) is 5.69 Å². The van der Waals surface area contributed by atoms with Gasteiger partial charge in [0.25, 0.3) is 5.56 Å². The molecule has 2 aromatic rings. The Bertz CT molecular complexity index is 695. The molecule has 0 saturated carbocycles. The minimum atomic E-state index is -0.0423.